The molecule has 3 rings (SSSR count). The highest BCUT2D eigenvalue weighted by molar-refractivity contribution is 7.87. The van der Waals surface area contributed by atoms with Crippen LogP contribution in [0.2, 0.25) is 0 Å². The second kappa shape index (κ2) is 10.3. The van der Waals surface area contributed by atoms with E-state index in [1.165, 1.54) is 6.92 Å². The molecule has 0 heterocycles. The second-order valence-electron chi connectivity index (χ2n) is 6.94. The SMILES string of the molecule is CCS(=O)(=O)Oc1ccc(CN(CCOC)C(=O)Nc2cccc3ccccc23)cc1. The summed E-state index contributed by atoms with van der Waals surface area (Å²) in [5.74, 6) is 0.141. The highest BCUT2D eigenvalue weighted by Crippen LogP contribution is 2.23. The zero-order valence-corrected chi connectivity index (χ0v) is 18.4. The number of urea groups is 1. The minimum Gasteiger partial charge on any atom is -0.383 e. The van der Waals surface area contributed by atoms with Crippen molar-refractivity contribution in [3.8, 4) is 5.75 Å². The van der Waals surface area contributed by atoms with E-state index in [9.17, 15) is 13.2 Å². The van der Waals surface area contributed by atoms with E-state index in [0.717, 1.165) is 22.0 Å². The summed E-state index contributed by atoms with van der Waals surface area (Å²) in [7, 11) is -1.99. The smallest absolute Gasteiger partial charge is 0.322 e. The lowest BCUT2D eigenvalue weighted by atomic mass is 10.1. The largest absolute Gasteiger partial charge is 0.383 e. The van der Waals surface area contributed by atoms with Gasteiger partial charge in [-0.2, -0.15) is 8.42 Å². The summed E-state index contributed by atoms with van der Waals surface area (Å²) in [4.78, 5) is 14.7. The van der Waals surface area contributed by atoms with Crippen LogP contribution in [-0.2, 0) is 21.4 Å². The van der Waals surface area contributed by atoms with Crippen molar-refractivity contribution in [3.05, 3.63) is 72.3 Å². The van der Waals surface area contributed by atoms with Gasteiger partial charge in [0.2, 0.25) is 0 Å². The molecule has 0 aliphatic heterocycles. The summed E-state index contributed by atoms with van der Waals surface area (Å²) >= 11 is 0. The van der Waals surface area contributed by atoms with Gasteiger partial charge < -0.3 is 19.1 Å². The number of carbonyl (C=O) groups is 1. The van der Waals surface area contributed by atoms with E-state index in [1.54, 1.807) is 36.3 Å². The zero-order chi connectivity index (χ0) is 22.3. The topological polar surface area (TPSA) is 84.9 Å². The fourth-order valence-corrected chi connectivity index (χ4v) is 3.58. The first-order valence-electron chi connectivity index (χ1n) is 9.95. The first-order chi connectivity index (χ1) is 14.9. The molecule has 1 N–H and O–H groups in total. The average Bonchev–Trinajstić information content (AvgIpc) is 2.78. The summed E-state index contributed by atoms with van der Waals surface area (Å²) in [5.41, 5.74) is 1.57. The lowest BCUT2D eigenvalue weighted by molar-refractivity contribution is 0.153. The summed E-state index contributed by atoms with van der Waals surface area (Å²) in [6.07, 6.45) is 0. The van der Waals surface area contributed by atoms with Gasteiger partial charge in [-0.3, -0.25) is 0 Å². The van der Waals surface area contributed by atoms with Crippen molar-refractivity contribution in [2.75, 3.05) is 31.3 Å². The Morgan fingerprint density at radius 3 is 2.42 bits per heavy atom. The minimum atomic E-state index is -3.58. The molecule has 0 aromatic heterocycles. The van der Waals surface area contributed by atoms with Crippen LogP contribution >= 0.6 is 0 Å². The molecule has 0 bridgehead atoms. The molecule has 0 fully saturated rings. The van der Waals surface area contributed by atoms with Gasteiger partial charge in [-0.25, -0.2) is 4.79 Å². The predicted octanol–water partition coefficient (Wildman–Crippen LogP) is 4.25. The minimum absolute atomic E-state index is 0.103. The van der Waals surface area contributed by atoms with E-state index in [1.807, 2.05) is 42.5 Å². The van der Waals surface area contributed by atoms with Crippen LogP contribution in [0, 0.1) is 0 Å². The number of hydrogen-bond acceptors (Lipinski definition) is 5. The monoisotopic (exact) mass is 442 g/mol. The Morgan fingerprint density at radius 1 is 1.00 bits per heavy atom. The van der Waals surface area contributed by atoms with E-state index in [0.29, 0.717) is 19.7 Å². The Kier molecular flexibility index (Phi) is 7.49. The van der Waals surface area contributed by atoms with Crippen LogP contribution in [0.3, 0.4) is 0 Å². The van der Waals surface area contributed by atoms with Gasteiger partial charge in [0.05, 0.1) is 18.0 Å². The van der Waals surface area contributed by atoms with Crippen LogP contribution in [0.15, 0.2) is 66.7 Å². The molecule has 0 atom stereocenters. The highest BCUT2D eigenvalue weighted by atomic mass is 32.2. The summed E-state index contributed by atoms with van der Waals surface area (Å²) in [6, 6.07) is 20.0. The van der Waals surface area contributed by atoms with Crippen LogP contribution in [0.5, 0.6) is 5.75 Å². The van der Waals surface area contributed by atoms with E-state index in [2.05, 4.69) is 5.32 Å². The number of ether oxygens (including phenoxy) is 1. The second-order valence-corrected chi connectivity index (χ2v) is 8.80. The summed E-state index contributed by atoms with van der Waals surface area (Å²) in [5, 5.41) is 5.00. The molecule has 3 aromatic rings. The van der Waals surface area contributed by atoms with Gasteiger partial charge in [0.1, 0.15) is 5.75 Å². The molecule has 164 valence electrons. The Balaban J connectivity index is 1.74. The molecule has 7 nitrogen and oxygen atoms in total. The van der Waals surface area contributed by atoms with E-state index in [-0.39, 0.29) is 17.5 Å². The number of hydrogen-bond donors (Lipinski definition) is 1. The molecule has 0 saturated heterocycles. The molecule has 0 radical (unpaired) electrons. The fourth-order valence-electron chi connectivity index (χ4n) is 3.06. The number of anilines is 1. The summed E-state index contributed by atoms with van der Waals surface area (Å²) in [6.45, 7) is 2.64. The number of amides is 2. The molecule has 3 aromatic carbocycles. The molecule has 0 aliphatic carbocycles. The van der Waals surface area contributed by atoms with Crippen molar-refractivity contribution in [3.63, 3.8) is 0 Å². The fraction of sp³-hybridized carbons (Fsp3) is 0.261. The number of methoxy groups -OCH3 is 1. The van der Waals surface area contributed by atoms with Gasteiger partial charge in [0.25, 0.3) is 0 Å². The van der Waals surface area contributed by atoms with Gasteiger partial charge in [0, 0.05) is 25.6 Å². The van der Waals surface area contributed by atoms with Gasteiger partial charge in [-0.05, 0) is 36.1 Å². The molecule has 2 amide bonds. The average molecular weight is 443 g/mol. The van der Waals surface area contributed by atoms with Crippen molar-refractivity contribution in [1.82, 2.24) is 4.90 Å². The van der Waals surface area contributed by atoms with E-state index >= 15 is 0 Å². The molecule has 8 heteroatoms. The normalized spacial score (nSPS) is 11.3. The number of rotatable bonds is 9. The Labute approximate surface area is 182 Å². The van der Waals surface area contributed by atoms with Gasteiger partial charge >= 0.3 is 16.1 Å². The lowest BCUT2D eigenvalue weighted by Gasteiger charge is -2.23. The lowest BCUT2D eigenvalue weighted by Crippen LogP contribution is -2.36. The third-order valence-corrected chi connectivity index (χ3v) is 5.91. The predicted molar refractivity (Wildman–Crippen MR) is 122 cm³/mol. The molecule has 0 spiro atoms. The van der Waals surface area contributed by atoms with Crippen molar-refractivity contribution < 1.29 is 22.1 Å². The van der Waals surface area contributed by atoms with Gasteiger partial charge in [0.15, 0.2) is 0 Å². The van der Waals surface area contributed by atoms with Crippen molar-refractivity contribution in [1.29, 1.82) is 0 Å². The van der Waals surface area contributed by atoms with E-state index in [4.69, 9.17) is 8.92 Å². The Hall–Kier alpha value is -3.10. The van der Waals surface area contributed by atoms with Crippen LogP contribution in [0.25, 0.3) is 10.8 Å². The molecule has 31 heavy (non-hydrogen) atoms. The molecule has 0 aliphatic rings. The molecular weight excluding hydrogens is 416 g/mol. The maximum atomic E-state index is 13.0. The van der Waals surface area contributed by atoms with E-state index < -0.39 is 10.1 Å². The number of benzene rings is 3. The number of nitrogens with zero attached hydrogens (tertiary/aromatic N) is 1. The van der Waals surface area contributed by atoms with Crippen LogP contribution in [-0.4, -0.2) is 45.4 Å². The number of fused-ring (bicyclic) bond motifs is 1. The standard InChI is InChI=1S/C23H26N2O5S/c1-3-31(27,28)30-20-13-11-18(12-14-20)17-25(15-16-29-2)23(26)24-22-10-6-8-19-7-4-5-9-21(19)22/h4-14H,3,15-17H2,1-2H3,(H,24,26). The maximum Gasteiger partial charge on any atom is 0.322 e. The van der Waals surface area contributed by atoms with Crippen LogP contribution < -0.4 is 9.50 Å². The number of nitrogens with one attached hydrogen (secondary N) is 1. The first-order valence-corrected chi connectivity index (χ1v) is 11.5. The molecular formula is C23H26N2O5S. The highest BCUT2D eigenvalue weighted by Gasteiger charge is 2.16. The maximum absolute atomic E-state index is 13.0. The first kappa shape index (κ1) is 22.6. The molecule has 0 saturated carbocycles. The molecule has 0 unspecified atom stereocenters. The third-order valence-electron chi connectivity index (χ3n) is 4.76. The third kappa shape index (κ3) is 6.19. The van der Waals surface area contributed by atoms with Crippen molar-refractivity contribution >= 4 is 32.6 Å². The zero-order valence-electron chi connectivity index (χ0n) is 17.6. The van der Waals surface area contributed by atoms with Gasteiger partial charge in [-0.1, -0.05) is 48.5 Å². The quantitative estimate of drug-likeness (QED) is 0.501. The van der Waals surface area contributed by atoms with Crippen molar-refractivity contribution in [2.24, 2.45) is 0 Å². The van der Waals surface area contributed by atoms with Gasteiger partial charge in [-0.15, -0.1) is 0 Å². The van der Waals surface area contributed by atoms with Crippen LogP contribution in [0.1, 0.15) is 12.5 Å². The Morgan fingerprint density at radius 2 is 1.71 bits per heavy atom. The Bertz CT molecular complexity index is 1120. The van der Waals surface area contributed by atoms with Crippen molar-refractivity contribution in [2.45, 2.75) is 13.5 Å². The summed E-state index contributed by atoms with van der Waals surface area (Å²) < 4.78 is 33.4. The van der Waals surface area contributed by atoms with Crippen LogP contribution in [0.4, 0.5) is 10.5 Å². The number of carbonyl (C=O) groups excluding carboxylic acids is 1.